The Hall–Kier alpha value is -3.76. The monoisotopic (exact) mass is 492 g/mol. The summed E-state index contributed by atoms with van der Waals surface area (Å²) in [6.07, 6.45) is 5.21. The van der Waals surface area contributed by atoms with Gasteiger partial charge >= 0.3 is 6.03 Å². The number of imide groups is 2. The quantitative estimate of drug-likeness (QED) is 0.389. The maximum Gasteiger partial charge on any atom is 0.331 e. The summed E-state index contributed by atoms with van der Waals surface area (Å²) in [6, 6.07) is 10.4. The number of nitrogens with zero attached hydrogens (tertiary/aromatic N) is 2. The Morgan fingerprint density at radius 3 is 2.83 bits per heavy atom. The molecule has 10 heteroatoms. The van der Waals surface area contributed by atoms with Crippen LogP contribution in [0.1, 0.15) is 23.3 Å². The van der Waals surface area contributed by atoms with Crippen LogP contribution in [-0.2, 0) is 32.2 Å². The van der Waals surface area contributed by atoms with Crippen molar-refractivity contribution in [1.82, 2.24) is 20.1 Å². The zero-order chi connectivity index (χ0) is 24.4. The van der Waals surface area contributed by atoms with Gasteiger partial charge in [0, 0.05) is 40.7 Å². The first kappa shape index (κ1) is 23.0. The molecule has 4 heterocycles. The van der Waals surface area contributed by atoms with Gasteiger partial charge in [-0.05, 0) is 36.4 Å². The molecule has 5 rings (SSSR count). The molecule has 0 saturated carbocycles. The number of rotatable bonds is 7. The minimum absolute atomic E-state index is 0.0521. The molecular weight excluding hydrogens is 468 g/mol. The third-order valence-corrected chi connectivity index (χ3v) is 6.93. The lowest BCUT2D eigenvalue weighted by Crippen LogP contribution is -2.53. The van der Waals surface area contributed by atoms with Crippen LogP contribution < -0.4 is 10.6 Å². The Morgan fingerprint density at radius 1 is 1.20 bits per heavy atom. The fourth-order valence-electron chi connectivity index (χ4n) is 4.32. The fraction of sp³-hybridized carbons (Fsp3) is 0.280. The number of benzene rings is 1. The molecule has 9 nitrogen and oxygen atoms in total. The predicted octanol–water partition coefficient (Wildman–Crippen LogP) is 2.66. The van der Waals surface area contributed by atoms with Crippen LogP contribution in [0.15, 0.2) is 53.5 Å². The largest absolute Gasteiger partial charge is 0.376 e. The number of aromatic nitrogens is 1. The predicted molar refractivity (Wildman–Crippen MR) is 130 cm³/mol. The molecule has 1 atom stereocenters. The van der Waals surface area contributed by atoms with E-state index in [1.54, 1.807) is 10.8 Å². The van der Waals surface area contributed by atoms with Gasteiger partial charge in [0.2, 0.25) is 5.91 Å². The molecule has 2 aliphatic rings. The molecule has 5 amide bonds. The first-order valence-corrected chi connectivity index (χ1v) is 12.2. The first-order chi connectivity index (χ1) is 17.0. The summed E-state index contributed by atoms with van der Waals surface area (Å²) in [5.41, 5.74) is 1.27. The van der Waals surface area contributed by atoms with Gasteiger partial charge in [-0.2, -0.15) is 0 Å². The van der Waals surface area contributed by atoms with Crippen molar-refractivity contribution < 1.29 is 23.9 Å². The Morgan fingerprint density at radius 2 is 2.06 bits per heavy atom. The third-order valence-electron chi connectivity index (χ3n) is 6.06. The number of thiophene rings is 1. The Kier molecular flexibility index (Phi) is 6.47. The molecule has 3 aromatic rings. The van der Waals surface area contributed by atoms with E-state index in [-0.39, 0.29) is 30.7 Å². The van der Waals surface area contributed by atoms with Gasteiger partial charge in [0.15, 0.2) is 0 Å². The number of urea groups is 1. The standard InChI is InChI=1S/C25H24N4O5S/c30-22(26-12-17-5-3-9-34-17)15-28-13-16(19-7-1-2-8-21(19)28)11-20-23(31)27-25(33)29(24(20)32)14-18-6-4-10-35-18/h1-2,4,6-8,10-11,13,17H,3,5,9,12,14-15H2,(H,26,30)(H,27,31,33). The van der Waals surface area contributed by atoms with Crippen molar-refractivity contribution >= 4 is 52.1 Å². The molecule has 2 N–H and O–H groups in total. The van der Waals surface area contributed by atoms with Crippen molar-refractivity contribution in [2.45, 2.75) is 32.0 Å². The van der Waals surface area contributed by atoms with Crippen LogP contribution in [0.5, 0.6) is 0 Å². The molecule has 2 fully saturated rings. The summed E-state index contributed by atoms with van der Waals surface area (Å²) in [7, 11) is 0. The number of barbiturate groups is 1. The lowest BCUT2D eigenvalue weighted by Gasteiger charge is -2.25. The molecule has 1 unspecified atom stereocenters. The minimum atomic E-state index is -0.742. The van der Waals surface area contributed by atoms with Gasteiger partial charge in [-0.1, -0.05) is 24.3 Å². The van der Waals surface area contributed by atoms with Crippen molar-refractivity contribution in [2.24, 2.45) is 0 Å². The van der Waals surface area contributed by atoms with Crippen LogP contribution >= 0.6 is 11.3 Å². The summed E-state index contributed by atoms with van der Waals surface area (Å²) in [6.45, 7) is 1.36. The topological polar surface area (TPSA) is 110 Å². The highest BCUT2D eigenvalue weighted by molar-refractivity contribution is 7.09. The van der Waals surface area contributed by atoms with E-state index >= 15 is 0 Å². The number of nitrogens with one attached hydrogen (secondary N) is 2. The van der Waals surface area contributed by atoms with Crippen molar-refractivity contribution in [3.8, 4) is 0 Å². The average Bonchev–Trinajstić information content (AvgIpc) is 3.61. The zero-order valence-electron chi connectivity index (χ0n) is 18.9. The zero-order valence-corrected chi connectivity index (χ0v) is 19.7. The van der Waals surface area contributed by atoms with Crippen LogP contribution in [0, 0.1) is 0 Å². The summed E-state index contributed by atoms with van der Waals surface area (Å²) >= 11 is 1.42. The van der Waals surface area contributed by atoms with E-state index in [1.165, 1.54) is 17.4 Å². The van der Waals surface area contributed by atoms with Gasteiger partial charge in [0.25, 0.3) is 11.8 Å². The van der Waals surface area contributed by atoms with Gasteiger partial charge in [0.05, 0.1) is 12.6 Å². The molecule has 2 saturated heterocycles. The van der Waals surface area contributed by atoms with E-state index in [0.29, 0.717) is 12.1 Å². The highest BCUT2D eigenvalue weighted by Crippen LogP contribution is 2.26. The Labute approximate surface area is 205 Å². The molecule has 2 aromatic heterocycles. The molecular formula is C25H24N4O5S. The normalized spacial score (nSPS) is 19.5. The number of carbonyl (C=O) groups is 4. The number of amides is 5. The fourth-order valence-corrected chi connectivity index (χ4v) is 5.01. The highest BCUT2D eigenvalue weighted by Gasteiger charge is 2.36. The molecule has 0 spiro atoms. The number of hydrogen-bond acceptors (Lipinski definition) is 6. The molecule has 2 aliphatic heterocycles. The molecule has 1 aromatic carbocycles. The summed E-state index contributed by atoms with van der Waals surface area (Å²) in [5.74, 6) is -1.55. The number of para-hydroxylation sites is 1. The Balaban J connectivity index is 1.40. The highest BCUT2D eigenvalue weighted by atomic mass is 32.1. The Bertz CT molecular complexity index is 1320. The number of fused-ring (bicyclic) bond motifs is 1. The summed E-state index contributed by atoms with van der Waals surface area (Å²) in [4.78, 5) is 52.4. The summed E-state index contributed by atoms with van der Waals surface area (Å²) < 4.78 is 7.34. The van der Waals surface area contributed by atoms with E-state index in [9.17, 15) is 19.2 Å². The SMILES string of the molecule is O=C(Cn1cc(C=C2C(=O)NC(=O)N(Cc3cccs3)C2=O)c2ccccc21)NCC1CCCO1. The third kappa shape index (κ3) is 4.89. The van der Waals surface area contributed by atoms with Crippen molar-refractivity contribution in [3.63, 3.8) is 0 Å². The second-order valence-electron chi connectivity index (χ2n) is 8.46. The van der Waals surface area contributed by atoms with E-state index in [0.717, 1.165) is 40.1 Å². The van der Waals surface area contributed by atoms with Crippen LogP contribution in [0.4, 0.5) is 4.79 Å². The van der Waals surface area contributed by atoms with Crippen LogP contribution in [0.2, 0.25) is 0 Å². The van der Waals surface area contributed by atoms with Crippen molar-refractivity contribution in [2.75, 3.05) is 13.2 Å². The second kappa shape index (κ2) is 9.85. The maximum absolute atomic E-state index is 13.1. The van der Waals surface area contributed by atoms with E-state index in [1.807, 2.05) is 41.8 Å². The van der Waals surface area contributed by atoms with Crippen molar-refractivity contribution in [3.05, 3.63) is 64.0 Å². The van der Waals surface area contributed by atoms with Crippen LogP contribution in [0.25, 0.3) is 17.0 Å². The minimum Gasteiger partial charge on any atom is -0.376 e. The molecule has 35 heavy (non-hydrogen) atoms. The van der Waals surface area contributed by atoms with E-state index < -0.39 is 17.8 Å². The second-order valence-corrected chi connectivity index (χ2v) is 9.49. The number of carbonyl (C=O) groups excluding carboxylic acids is 4. The molecule has 0 aliphatic carbocycles. The molecule has 0 bridgehead atoms. The number of ether oxygens (including phenoxy) is 1. The first-order valence-electron chi connectivity index (χ1n) is 11.4. The van der Waals surface area contributed by atoms with Gasteiger partial charge < -0.3 is 14.6 Å². The lowest BCUT2D eigenvalue weighted by atomic mass is 10.1. The van der Waals surface area contributed by atoms with E-state index in [4.69, 9.17) is 4.74 Å². The smallest absolute Gasteiger partial charge is 0.331 e. The van der Waals surface area contributed by atoms with E-state index in [2.05, 4.69) is 10.6 Å². The number of hydrogen-bond donors (Lipinski definition) is 2. The van der Waals surface area contributed by atoms with Crippen molar-refractivity contribution in [1.29, 1.82) is 0 Å². The maximum atomic E-state index is 13.1. The summed E-state index contributed by atoms with van der Waals surface area (Å²) in [5, 5.41) is 7.81. The average molecular weight is 493 g/mol. The van der Waals surface area contributed by atoms with Gasteiger partial charge in [-0.15, -0.1) is 11.3 Å². The van der Waals surface area contributed by atoms with Gasteiger partial charge in [-0.3, -0.25) is 24.6 Å². The molecule has 180 valence electrons. The molecule has 0 radical (unpaired) electrons. The van der Waals surface area contributed by atoms with Crippen LogP contribution in [-0.4, -0.2) is 52.5 Å². The lowest BCUT2D eigenvalue weighted by molar-refractivity contribution is -0.130. The van der Waals surface area contributed by atoms with Gasteiger partial charge in [0.1, 0.15) is 12.1 Å². The van der Waals surface area contributed by atoms with Crippen LogP contribution in [0.3, 0.4) is 0 Å². The van der Waals surface area contributed by atoms with Gasteiger partial charge in [-0.25, -0.2) is 4.79 Å².